The summed E-state index contributed by atoms with van der Waals surface area (Å²) < 4.78 is 20.6. The van der Waals surface area contributed by atoms with E-state index in [-0.39, 0.29) is 17.9 Å². The Bertz CT molecular complexity index is 1150. The standard InChI is InChI=1S/C21H17FN2O2S/c1-14-18(15-7-3-2-4-8-15)19-20(27-14)23-13-24(21(19)25)11-12-26-17-10-6-5-9-16(17)22/h2-10,13H,11-12H2,1H3. The lowest BCUT2D eigenvalue weighted by atomic mass is 10.0. The van der Waals surface area contributed by atoms with Crippen molar-refractivity contribution in [3.8, 4) is 16.9 Å². The maximum absolute atomic E-state index is 13.6. The third-order valence-electron chi connectivity index (χ3n) is 4.34. The van der Waals surface area contributed by atoms with Crippen LogP contribution in [0.4, 0.5) is 4.39 Å². The molecule has 0 atom stereocenters. The Hall–Kier alpha value is -2.99. The van der Waals surface area contributed by atoms with Crippen LogP contribution in [0.1, 0.15) is 4.88 Å². The highest BCUT2D eigenvalue weighted by Gasteiger charge is 2.16. The summed E-state index contributed by atoms with van der Waals surface area (Å²) in [6.45, 7) is 2.47. The van der Waals surface area contributed by atoms with Gasteiger partial charge in [-0.3, -0.25) is 9.36 Å². The number of halogens is 1. The number of rotatable bonds is 5. The van der Waals surface area contributed by atoms with E-state index in [0.717, 1.165) is 20.8 Å². The molecule has 0 bridgehead atoms. The van der Waals surface area contributed by atoms with Crippen molar-refractivity contribution in [3.05, 3.63) is 82.0 Å². The summed E-state index contributed by atoms with van der Waals surface area (Å²) in [4.78, 5) is 19.3. The molecule has 136 valence electrons. The number of thiophene rings is 1. The van der Waals surface area contributed by atoms with Crippen molar-refractivity contribution in [3.63, 3.8) is 0 Å². The van der Waals surface area contributed by atoms with Gasteiger partial charge in [0.05, 0.1) is 18.3 Å². The lowest BCUT2D eigenvalue weighted by Gasteiger charge is -2.09. The maximum Gasteiger partial charge on any atom is 0.262 e. The Balaban J connectivity index is 1.66. The zero-order valence-electron chi connectivity index (χ0n) is 14.7. The second-order valence-corrected chi connectivity index (χ2v) is 7.30. The van der Waals surface area contributed by atoms with Gasteiger partial charge in [-0.15, -0.1) is 11.3 Å². The summed E-state index contributed by atoms with van der Waals surface area (Å²) in [7, 11) is 0. The van der Waals surface area contributed by atoms with Gasteiger partial charge in [-0.25, -0.2) is 9.37 Å². The van der Waals surface area contributed by atoms with Crippen molar-refractivity contribution >= 4 is 21.6 Å². The summed E-state index contributed by atoms with van der Waals surface area (Å²) in [6, 6.07) is 16.1. The first-order valence-electron chi connectivity index (χ1n) is 8.56. The predicted molar refractivity (Wildman–Crippen MR) is 106 cm³/mol. The Kier molecular flexibility index (Phi) is 4.73. The van der Waals surface area contributed by atoms with E-state index in [2.05, 4.69) is 4.98 Å². The molecule has 4 aromatic rings. The summed E-state index contributed by atoms with van der Waals surface area (Å²) in [5, 5.41) is 0.622. The summed E-state index contributed by atoms with van der Waals surface area (Å²) in [5.74, 6) is -0.241. The highest BCUT2D eigenvalue weighted by atomic mass is 32.1. The van der Waals surface area contributed by atoms with Crippen LogP contribution >= 0.6 is 11.3 Å². The lowest BCUT2D eigenvalue weighted by molar-refractivity contribution is 0.282. The van der Waals surface area contributed by atoms with Crippen LogP contribution in [0.2, 0.25) is 0 Å². The average molecular weight is 380 g/mol. The van der Waals surface area contributed by atoms with E-state index in [9.17, 15) is 9.18 Å². The summed E-state index contributed by atoms with van der Waals surface area (Å²) >= 11 is 1.51. The molecule has 0 amide bonds. The van der Waals surface area contributed by atoms with Gasteiger partial charge in [-0.05, 0) is 24.6 Å². The highest BCUT2D eigenvalue weighted by Crippen LogP contribution is 2.35. The van der Waals surface area contributed by atoms with Crippen LogP contribution in [0.5, 0.6) is 5.75 Å². The van der Waals surface area contributed by atoms with E-state index in [1.54, 1.807) is 18.2 Å². The zero-order valence-corrected chi connectivity index (χ0v) is 15.5. The van der Waals surface area contributed by atoms with Gasteiger partial charge in [0.2, 0.25) is 0 Å². The molecule has 27 heavy (non-hydrogen) atoms. The van der Waals surface area contributed by atoms with Crippen LogP contribution < -0.4 is 10.3 Å². The van der Waals surface area contributed by atoms with Gasteiger partial charge >= 0.3 is 0 Å². The van der Waals surface area contributed by atoms with Gasteiger partial charge in [0, 0.05) is 10.4 Å². The molecule has 2 aromatic heterocycles. The third kappa shape index (κ3) is 3.36. The molecule has 0 N–H and O–H groups in total. The van der Waals surface area contributed by atoms with Crippen LogP contribution in [-0.4, -0.2) is 16.2 Å². The lowest BCUT2D eigenvalue weighted by Crippen LogP contribution is -2.23. The Labute approximate surface area is 159 Å². The molecule has 6 heteroatoms. The molecular formula is C21H17FN2O2S. The van der Waals surface area contributed by atoms with E-state index >= 15 is 0 Å². The predicted octanol–water partition coefficient (Wildman–Crippen LogP) is 4.65. The van der Waals surface area contributed by atoms with Crippen molar-refractivity contribution in [1.29, 1.82) is 0 Å². The van der Waals surface area contributed by atoms with Crippen LogP contribution in [0, 0.1) is 12.7 Å². The van der Waals surface area contributed by atoms with E-state index in [0.29, 0.717) is 11.9 Å². The molecule has 4 nitrogen and oxygen atoms in total. The number of ether oxygens (including phenoxy) is 1. The van der Waals surface area contributed by atoms with Crippen molar-refractivity contribution in [2.45, 2.75) is 13.5 Å². The van der Waals surface area contributed by atoms with Gasteiger partial charge in [0.25, 0.3) is 5.56 Å². The molecule has 0 saturated carbocycles. The van der Waals surface area contributed by atoms with E-state index < -0.39 is 5.82 Å². The van der Waals surface area contributed by atoms with Gasteiger partial charge in [-0.1, -0.05) is 42.5 Å². The quantitative estimate of drug-likeness (QED) is 0.506. The molecular weight excluding hydrogens is 363 g/mol. The maximum atomic E-state index is 13.6. The number of hydrogen-bond donors (Lipinski definition) is 0. The second kappa shape index (κ2) is 7.32. The molecule has 0 unspecified atom stereocenters. The van der Waals surface area contributed by atoms with Crippen molar-refractivity contribution in [2.75, 3.05) is 6.61 Å². The first-order chi connectivity index (χ1) is 13.1. The SMILES string of the molecule is Cc1sc2ncn(CCOc3ccccc3F)c(=O)c2c1-c1ccccc1. The zero-order chi connectivity index (χ0) is 18.8. The smallest absolute Gasteiger partial charge is 0.262 e. The van der Waals surface area contributed by atoms with Crippen LogP contribution in [0.25, 0.3) is 21.3 Å². The number of hydrogen-bond acceptors (Lipinski definition) is 4. The number of fused-ring (bicyclic) bond motifs is 1. The first-order valence-corrected chi connectivity index (χ1v) is 9.38. The number of benzene rings is 2. The molecule has 4 rings (SSSR count). The minimum atomic E-state index is -0.418. The van der Waals surface area contributed by atoms with E-state index in [1.165, 1.54) is 28.3 Å². The normalized spacial score (nSPS) is 11.0. The molecule has 0 fully saturated rings. The van der Waals surface area contributed by atoms with Crippen LogP contribution in [0.15, 0.2) is 65.7 Å². The Morgan fingerprint density at radius 3 is 2.63 bits per heavy atom. The fourth-order valence-electron chi connectivity index (χ4n) is 3.06. The van der Waals surface area contributed by atoms with Crippen molar-refractivity contribution in [1.82, 2.24) is 9.55 Å². The molecule has 0 aliphatic heterocycles. The second-order valence-electron chi connectivity index (χ2n) is 6.10. The molecule has 2 aromatic carbocycles. The number of nitrogens with zero attached hydrogens (tertiary/aromatic N) is 2. The molecule has 0 radical (unpaired) electrons. The topological polar surface area (TPSA) is 44.1 Å². The average Bonchev–Trinajstić information content (AvgIpc) is 3.02. The third-order valence-corrected chi connectivity index (χ3v) is 5.36. The van der Waals surface area contributed by atoms with Gasteiger partial charge in [-0.2, -0.15) is 0 Å². The summed E-state index contributed by atoms with van der Waals surface area (Å²) in [6.07, 6.45) is 1.53. The molecule has 0 aliphatic rings. The monoisotopic (exact) mass is 380 g/mol. The van der Waals surface area contributed by atoms with Gasteiger partial charge in [0.15, 0.2) is 11.6 Å². The highest BCUT2D eigenvalue weighted by molar-refractivity contribution is 7.19. The summed E-state index contributed by atoms with van der Waals surface area (Å²) in [5.41, 5.74) is 1.82. The number of para-hydroxylation sites is 1. The minimum absolute atomic E-state index is 0.111. The fourth-order valence-corrected chi connectivity index (χ4v) is 4.07. The first kappa shape index (κ1) is 17.4. The number of aryl methyl sites for hydroxylation is 1. The van der Waals surface area contributed by atoms with Crippen molar-refractivity contribution in [2.24, 2.45) is 0 Å². The van der Waals surface area contributed by atoms with Gasteiger partial charge < -0.3 is 4.74 Å². The Morgan fingerprint density at radius 2 is 1.85 bits per heavy atom. The molecule has 0 spiro atoms. The molecule has 2 heterocycles. The largest absolute Gasteiger partial charge is 0.489 e. The fraction of sp³-hybridized carbons (Fsp3) is 0.143. The van der Waals surface area contributed by atoms with Crippen LogP contribution in [0.3, 0.4) is 0 Å². The molecule has 0 aliphatic carbocycles. The Morgan fingerprint density at radius 1 is 1.11 bits per heavy atom. The minimum Gasteiger partial charge on any atom is -0.489 e. The number of aromatic nitrogens is 2. The van der Waals surface area contributed by atoms with Crippen LogP contribution in [-0.2, 0) is 6.54 Å². The van der Waals surface area contributed by atoms with E-state index in [4.69, 9.17) is 4.74 Å². The molecule has 0 saturated heterocycles. The van der Waals surface area contributed by atoms with Gasteiger partial charge in [0.1, 0.15) is 11.4 Å². The van der Waals surface area contributed by atoms with Crippen molar-refractivity contribution < 1.29 is 9.13 Å². The van der Waals surface area contributed by atoms with E-state index in [1.807, 2.05) is 37.3 Å².